The average molecular weight is 440 g/mol. The molecule has 1 aliphatic heterocycles. The van der Waals surface area contributed by atoms with Gasteiger partial charge in [0.15, 0.2) is 5.65 Å². The SMILES string of the molecule is N#Cc1ccc2nnc(C(=O)N3C[C@@H]4CC(c5ccccc5C(F)(F)F)C[C@]4(N)C3)n2c1. The summed E-state index contributed by atoms with van der Waals surface area (Å²) < 4.78 is 41.9. The third kappa shape index (κ3) is 3.20. The van der Waals surface area contributed by atoms with E-state index >= 15 is 0 Å². The summed E-state index contributed by atoms with van der Waals surface area (Å²) in [5.41, 5.74) is 6.32. The fraction of sp³-hybridized carbons (Fsp3) is 0.364. The van der Waals surface area contributed by atoms with Gasteiger partial charge >= 0.3 is 6.18 Å². The van der Waals surface area contributed by atoms with Crippen molar-refractivity contribution in [2.45, 2.75) is 30.5 Å². The fourth-order valence-corrected chi connectivity index (χ4v) is 5.17. The second-order valence-electron chi connectivity index (χ2n) is 8.62. The summed E-state index contributed by atoms with van der Waals surface area (Å²) in [5.74, 6) is -0.711. The Kier molecular flexibility index (Phi) is 4.49. The Balaban J connectivity index is 1.38. The minimum absolute atomic E-state index is 0.0830. The van der Waals surface area contributed by atoms with Crippen LogP contribution in [0.5, 0.6) is 0 Å². The minimum Gasteiger partial charge on any atom is -0.334 e. The number of likely N-dealkylation sites (tertiary alicyclic amines) is 1. The van der Waals surface area contributed by atoms with Crippen molar-refractivity contribution in [2.24, 2.45) is 11.7 Å². The Morgan fingerprint density at radius 2 is 2.00 bits per heavy atom. The van der Waals surface area contributed by atoms with Gasteiger partial charge in [-0.05, 0) is 48.4 Å². The number of hydrogen-bond acceptors (Lipinski definition) is 5. The van der Waals surface area contributed by atoms with E-state index < -0.39 is 17.3 Å². The van der Waals surface area contributed by atoms with Crippen LogP contribution in [0.15, 0.2) is 42.6 Å². The fourth-order valence-electron chi connectivity index (χ4n) is 5.17. The van der Waals surface area contributed by atoms with E-state index in [0.717, 1.165) is 6.07 Å². The summed E-state index contributed by atoms with van der Waals surface area (Å²) in [6.45, 7) is 0.570. The van der Waals surface area contributed by atoms with Gasteiger partial charge in [-0.25, -0.2) is 0 Å². The van der Waals surface area contributed by atoms with Crippen molar-refractivity contribution in [2.75, 3.05) is 13.1 Å². The van der Waals surface area contributed by atoms with Crippen molar-refractivity contribution in [3.05, 3.63) is 65.1 Å². The number of halogens is 3. The van der Waals surface area contributed by atoms with Gasteiger partial charge in [0, 0.05) is 24.8 Å². The van der Waals surface area contributed by atoms with E-state index in [1.165, 1.54) is 22.7 Å². The highest BCUT2D eigenvalue weighted by Crippen LogP contribution is 2.50. The van der Waals surface area contributed by atoms with Crippen LogP contribution in [0.2, 0.25) is 0 Å². The summed E-state index contributed by atoms with van der Waals surface area (Å²) in [6.07, 6.45) is -2.07. The van der Waals surface area contributed by atoms with Gasteiger partial charge in [0.1, 0.15) is 6.07 Å². The van der Waals surface area contributed by atoms with E-state index in [9.17, 15) is 18.0 Å². The summed E-state index contributed by atoms with van der Waals surface area (Å²) in [6, 6.07) is 10.8. The van der Waals surface area contributed by atoms with Crippen LogP contribution in [-0.2, 0) is 6.18 Å². The number of aromatic nitrogens is 3. The average Bonchev–Trinajstić information content (AvgIpc) is 3.41. The maximum absolute atomic E-state index is 13.5. The Morgan fingerprint density at radius 3 is 2.72 bits per heavy atom. The van der Waals surface area contributed by atoms with Crippen LogP contribution in [0.1, 0.15) is 46.1 Å². The topological polar surface area (TPSA) is 100 Å². The number of carbonyl (C=O) groups excluding carboxylic acids is 1. The van der Waals surface area contributed by atoms with E-state index in [2.05, 4.69) is 10.2 Å². The Morgan fingerprint density at radius 1 is 1.22 bits per heavy atom. The second kappa shape index (κ2) is 7.03. The molecule has 0 spiro atoms. The monoisotopic (exact) mass is 440 g/mol. The van der Waals surface area contributed by atoms with Gasteiger partial charge in [-0.3, -0.25) is 9.20 Å². The number of nitrogens with zero attached hydrogens (tertiary/aromatic N) is 5. The van der Waals surface area contributed by atoms with Gasteiger partial charge in [0.05, 0.1) is 11.1 Å². The third-order valence-electron chi connectivity index (χ3n) is 6.65. The standard InChI is InChI=1S/C22H19F3N6O/c23-22(24,25)17-4-2-1-3-16(17)14-7-15-11-30(12-21(15,27)8-14)20(32)19-29-28-18-6-5-13(9-26)10-31(18)19/h1-6,10,14-15H,7-8,11-12,27H2/t14?,15-,21-/m0/s1. The highest BCUT2D eigenvalue weighted by molar-refractivity contribution is 5.91. The van der Waals surface area contributed by atoms with Gasteiger partial charge in [0.2, 0.25) is 5.82 Å². The quantitative estimate of drug-likeness (QED) is 0.660. The summed E-state index contributed by atoms with van der Waals surface area (Å²) in [7, 11) is 0. The molecule has 10 heteroatoms. The molecule has 3 heterocycles. The molecule has 2 fully saturated rings. The zero-order valence-electron chi connectivity index (χ0n) is 16.9. The molecule has 1 amide bonds. The first-order valence-electron chi connectivity index (χ1n) is 10.2. The van der Waals surface area contributed by atoms with Crippen LogP contribution in [0.3, 0.4) is 0 Å². The molecule has 1 saturated heterocycles. The molecule has 32 heavy (non-hydrogen) atoms. The van der Waals surface area contributed by atoms with Gasteiger partial charge in [-0.15, -0.1) is 10.2 Å². The first kappa shape index (κ1) is 20.5. The molecule has 2 aromatic heterocycles. The number of benzene rings is 1. The number of alkyl halides is 3. The molecule has 5 rings (SSSR count). The molecule has 0 bridgehead atoms. The molecule has 0 radical (unpaired) electrons. The number of amides is 1. The second-order valence-corrected chi connectivity index (χ2v) is 8.62. The maximum atomic E-state index is 13.5. The molecular weight excluding hydrogens is 421 g/mol. The van der Waals surface area contributed by atoms with Crippen molar-refractivity contribution in [1.82, 2.24) is 19.5 Å². The van der Waals surface area contributed by atoms with Crippen LogP contribution in [0.4, 0.5) is 13.2 Å². The number of pyridine rings is 1. The van der Waals surface area contributed by atoms with Crippen molar-refractivity contribution in [3.63, 3.8) is 0 Å². The first-order chi connectivity index (χ1) is 15.2. The lowest BCUT2D eigenvalue weighted by Crippen LogP contribution is -2.45. The summed E-state index contributed by atoms with van der Waals surface area (Å²) >= 11 is 0. The van der Waals surface area contributed by atoms with E-state index in [1.54, 1.807) is 23.1 Å². The predicted octanol–water partition coefficient (Wildman–Crippen LogP) is 2.97. The minimum atomic E-state index is -4.42. The number of fused-ring (bicyclic) bond motifs is 2. The van der Waals surface area contributed by atoms with Crippen molar-refractivity contribution < 1.29 is 18.0 Å². The number of carbonyl (C=O) groups is 1. The molecule has 1 aliphatic carbocycles. The van der Waals surface area contributed by atoms with Crippen molar-refractivity contribution in [3.8, 4) is 6.07 Å². The molecule has 3 aromatic rings. The Hall–Kier alpha value is -3.45. The molecule has 2 N–H and O–H groups in total. The lowest BCUT2D eigenvalue weighted by Gasteiger charge is -2.25. The lowest BCUT2D eigenvalue weighted by molar-refractivity contribution is -0.138. The van der Waals surface area contributed by atoms with Crippen LogP contribution >= 0.6 is 0 Å². The van der Waals surface area contributed by atoms with E-state index in [0.29, 0.717) is 30.6 Å². The Labute approximate surface area is 181 Å². The number of rotatable bonds is 2. The zero-order valence-corrected chi connectivity index (χ0v) is 16.9. The lowest BCUT2D eigenvalue weighted by atomic mass is 9.89. The molecule has 1 unspecified atom stereocenters. The largest absolute Gasteiger partial charge is 0.416 e. The van der Waals surface area contributed by atoms with Crippen LogP contribution in [-0.4, -0.2) is 44.0 Å². The highest BCUT2D eigenvalue weighted by atomic mass is 19.4. The summed E-state index contributed by atoms with van der Waals surface area (Å²) in [5, 5.41) is 17.1. The number of nitriles is 1. The molecule has 1 saturated carbocycles. The molecule has 7 nitrogen and oxygen atoms in total. The molecule has 3 atom stereocenters. The molecular formula is C22H19F3N6O. The number of nitrogens with two attached hydrogens (primary N) is 1. The van der Waals surface area contributed by atoms with Crippen molar-refractivity contribution in [1.29, 1.82) is 5.26 Å². The normalized spacial score (nSPS) is 25.2. The smallest absolute Gasteiger partial charge is 0.334 e. The van der Waals surface area contributed by atoms with Gasteiger partial charge < -0.3 is 10.6 Å². The molecule has 2 aliphatic rings. The zero-order chi connectivity index (χ0) is 22.7. The predicted molar refractivity (Wildman–Crippen MR) is 107 cm³/mol. The van der Waals surface area contributed by atoms with Gasteiger partial charge in [-0.1, -0.05) is 18.2 Å². The third-order valence-corrected chi connectivity index (χ3v) is 6.65. The van der Waals surface area contributed by atoms with E-state index in [-0.39, 0.29) is 35.7 Å². The van der Waals surface area contributed by atoms with Crippen LogP contribution in [0, 0.1) is 17.2 Å². The first-order valence-corrected chi connectivity index (χ1v) is 10.2. The maximum Gasteiger partial charge on any atom is 0.416 e. The van der Waals surface area contributed by atoms with Crippen molar-refractivity contribution >= 4 is 11.6 Å². The van der Waals surface area contributed by atoms with Crippen LogP contribution < -0.4 is 5.73 Å². The van der Waals surface area contributed by atoms with E-state index in [4.69, 9.17) is 11.0 Å². The summed E-state index contributed by atoms with van der Waals surface area (Å²) in [4.78, 5) is 14.7. The van der Waals surface area contributed by atoms with Crippen LogP contribution in [0.25, 0.3) is 5.65 Å². The van der Waals surface area contributed by atoms with E-state index in [1.807, 2.05) is 6.07 Å². The number of hydrogen-bond donors (Lipinski definition) is 1. The highest BCUT2D eigenvalue weighted by Gasteiger charge is 2.53. The van der Waals surface area contributed by atoms with Gasteiger partial charge in [0.25, 0.3) is 5.91 Å². The molecule has 1 aromatic carbocycles. The van der Waals surface area contributed by atoms with Gasteiger partial charge in [-0.2, -0.15) is 18.4 Å². The Bertz CT molecular complexity index is 1260. The molecule has 164 valence electrons.